The van der Waals surface area contributed by atoms with Crippen molar-refractivity contribution in [2.75, 3.05) is 20.3 Å². The van der Waals surface area contributed by atoms with E-state index in [1.807, 2.05) is 73.7 Å². The van der Waals surface area contributed by atoms with Crippen LogP contribution in [-0.2, 0) is 14.3 Å². The van der Waals surface area contributed by atoms with E-state index in [0.717, 1.165) is 22.4 Å². The largest absolute Gasteiger partial charge is 0.497 e. The molecule has 190 valence electrons. The number of carbonyl (C=O) groups is 3. The molecule has 37 heavy (non-hydrogen) atoms. The van der Waals surface area contributed by atoms with E-state index in [9.17, 15) is 14.4 Å². The fourth-order valence-electron chi connectivity index (χ4n) is 4.11. The fourth-order valence-corrected chi connectivity index (χ4v) is 4.11. The van der Waals surface area contributed by atoms with E-state index < -0.39 is 18.5 Å². The van der Waals surface area contributed by atoms with Crippen molar-refractivity contribution < 1.29 is 23.9 Å². The summed E-state index contributed by atoms with van der Waals surface area (Å²) in [6.45, 7) is 1.51. The molecule has 0 aromatic heterocycles. The molecule has 3 aromatic carbocycles. The van der Waals surface area contributed by atoms with Gasteiger partial charge in [0.15, 0.2) is 6.61 Å². The summed E-state index contributed by atoms with van der Waals surface area (Å²) in [4.78, 5) is 37.6. The topological polar surface area (TPSA) is 97.3 Å². The molecule has 0 saturated carbocycles. The third-order valence-electron chi connectivity index (χ3n) is 6.13. The number of amides is 2. The standard InChI is InChI=1S/C29H29N3O5/c1-20-8-6-7-11-24(20)29(35)30-17-16-28(34)37-19-27(33)32-26(22-12-14-23(36-2)15-13-22)18-25(31-32)21-9-4-3-5-10-21/h3-15,26H,16-19H2,1-2H3,(H,30,35). The number of nitrogens with zero attached hydrogens (tertiary/aromatic N) is 2. The summed E-state index contributed by atoms with van der Waals surface area (Å²) in [7, 11) is 1.60. The van der Waals surface area contributed by atoms with Crippen molar-refractivity contribution in [1.29, 1.82) is 0 Å². The number of aryl methyl sites for hydroxylation is 1. The van der Waals surface area contributed by atoms with Gasteiger partial charge < -0.3 is 14.8 Å². The summed E-state index contributed by atoms with van der Waals surface area (Å²) < 4.78 is 10.5. The molecule has 0 aliphatic carbocycles. The van der Waals surface area contributed by atoms with Crippen LogP contribution >= 0.6 is 0 Å². The van der Waals surface area contributed by atoms with E-state index in [-0.39, 0.29) is 24.9 Å². The molecule has 4 rings (SSSR count). The third kappa shape index (κ3) is 6.41. The Morgan fingerprint density at radius 3 is 2.38 bits per heavy atom. The van der Waals surface area contributed by atoms with Gasteiger partial charge in [-0.05, 0) is 41.8 Å². The van der Waals surface area contributed by atoms with Gasteiger partial charge in [-0.2, -0.15) is 5.10 Å². The van der Waals surface area contributed by atoms with Gasteiger partial charge in [0.25, 0.3) is 11.8 Å². The molecule has 0 bridgehead atoms. The van der Waals surface area contributed by atoms with Crippen molar-refractivity contribution in [3.63, 3.8) is 0 Å². The minimum absolute atomic E-state index is 0.0503. The normalized spacial score (nSPS) is 14.6. The van der Waals surface area contributed by atoms with Gasteiger partial charge in [-0.1, -0.05) is 60.7 Å². The molecule has 1 unspecified atom stereocenters. The van der Waals surface area contributed by atoms with Crippen molar-refractivity contribution in [3.8, 4) is 5.75 Å². The van der Waals surface area contributed by atoms with Gasteiger partial charge in [0.2, 0.25) is 0 Å². The van der Waals surface area contributed by atoms with Crippen LogP contribution < -0.4 is 10.1 Å². The average molecular weight is 500 g/mol. The van der Waals surface area contributed by atoms with Crippen LogP contribution in [-0.4, -0.2) is 48.8 Å². The summed E-state index contributed by atoms with van der Waals surface area (Å²) in [5.74, 6) is -0.550. The maximum atomic E-state index is 13.1. The molecule has 1 aliphatic heterocycles. The molecule has 8 nitrogen and oxygen atoms in total. The Balaban J connectivity index is 1.36. The van der Waals surface area contributed by atoms with Gasteiger partial charge in [0.1, 0.15) is 5.75 Å². The third-order valence-corrected chi connectivity index (χ3v) is 6.13. The first-order valence-electron chi connectivity index (χ1n) is 12.0. The predicted octanol–water partition coefficient (Wildman–Crippen LogP) is 4.04. The van der Waals surface area contributed by atoms with Crippen molar-refractivity contribution in [3.05, 3.63) is 101 Å². The lowest BCUT2D eigenvalue weighted by Crippen LogP contribution is -2.32. The molecule has 1 atom stereocenters. The second kappa shape index (κ2) is 12.0. The van der Waals surface area contributed by atoms with E-state index in [1.165, 1.54) is 5.01 Å². The highest BCUT2D eigenvalue weighted by Crippen LogP contribution is 2.33. The van der Waals surface area contributed by atoms with Crippen LogP contribution in [0.4, 0.5) is 0 Å². The van der Waals surface area contributed by atoms with Crippen molar-refractivity contribution in [1.82, 2.24) is 10.3 Å². The molecule has 1 heterocycles. The molecule has 3 aromatic rings. The first kappa shape index (κ1) is 25.6. The van der Waals surface area contributed by atoms with Crippen molar-refractivity contribution in [2.45, 2.75) is 25.8 Å². The van der Waals surface area contributed by atoms with Crippen LogP contribution in [0.1, 0.15) is 45.9 Å². The highest BCUT2D eigenvalue weighted by molar-refractivity contribution is 6.03. The number of benzene rings is 3. The van der Waals surface area contributed by atoms with E-state index >= 15 is 0 Å². The van der Waals surface area contributed by atoms with Gasteiger partial charge in [0.05, 0.1) is 25.3 Å². The number of hydrazone groups is 1. The summed E-state index contributed by atoms with van der Waals surface area (Å²) in [5, 5.41) is 8.68. The smallest absolute Gasteiger partial charge is 0.308 e. The van der Waals surface area contributed by atoms with E-state index in [1.54, 1.807) is 19.2 Å². The van der Waals surface area contributed by atoms with Crippen LogP contribution in [0.2, 0.25) is 0 Å². The van der Waals surface area contributed by atoms with E-state index in [2.05, 4.69) is 10.4 Å². The van der Waals surface area contributed by atoms with E-state index in [0.29, 0.717) is 17.7 Å². The number of esters is 1. The molecule has 8 heteroatoms. The zero-order valence-electron chi connectivity index (χ0n) is 20.8. The zero-order chi connectivity index (χ0) is 26.2. The van der Waals surface area contributed by atoms with Crippen molar-refractivity contribution >= 4 is 23.5 Å². The molecular formula is C29H29N3O5. The van der Waals surface area contributed by atoms with Gasteiger partial charge in [0, 0.05) is 18.5 Å². The number of carbonyl (C=O) groups excluding carboxylic acids is 3. The predicted molar refractivity (Wildman–Crippen MR) is 139 cm³/mol. The summed E-state index contributed by atoms with van der Waals surface area (Å²) in [6.07, 6.45) is 0.478. The quantitative estimate of drug-likeness (QED) is 0.448. The van der Waals surface area contributed by atoms with E-state index in [4.69, 9.17) is 9.47 Å². The van der Waals surface area contributed by atoms with Crippen LogP contribution in [0.3, 0.4) is 0 Å². The van der Waals surface area contributed by atoms with Gasteiger partial charge in [-0.15, -0.1) is 0 Å². The summed E-state index contributed by atoms with van der Waals surface area (Å²) in [5.41, 5.74) is 4.00. The number of methoxy groups -OCH3 is 1. The second-order valence-electron chi connectivity index (χ2n) is 8.63. The van der Waals surface area contributed by atoms with Crippen LogP contribution in [0, 0.1) is 6.92 Å². The zero-order valence-corrected chi connectivity index (χ0v) is 20.8. The number of hydrogen-bond acceptors (Lipinski definition) is 6. The van der Waals surface area contributed by atoms with Crippen LogP contribution in [0.5, 0.6) is 5.75 Å². The van der Waals surface area contributed by atoms with Gasteiger partial charge in [-0.3, -0.25) is 14.4 Å². The van der Waals surface area contributed by atoms with Gasteiger partial charge >= 0.3 is 5.97 Å². The minimum atomic E-state index is -0.578. The van der Waals surface area contributed by atoms with Gasteiger partial charge in [-0.25, -0.2) is 5.01 Å². The molecule has 1 N–H and O–H groups in total. The molecule has 0 fully saturated rings. The Hall–Kier alpha value is -4.46. The van der Waals surface area contributed by atoms with Crippen LogP contribution in [0.25, 0.3) is 0 Å². The Kier molecular flexibility index (Phi) is 8.30. The Bertz CT molecular complexity index is 1290. The summed E-state index contributed by atoms with van der Waals surface area (Å²) >= 11 is 0. The Labute approximate surface area is 215 Å². The second-order valence-corrected chi connectivity index (χ2v) is 8.63. The molecular weight excluding hydrogens is 470 g/mol. The first-order chi connectivity index (χ1) is 18.0. The number of nitrogens with one attached hydrogen (secondary N) is 1. The Morgan fingerprint density at radius 2 is 1.68 bits per heavy atom. The number of hydrogen-bond donors (Lipinski definition) is 1. The minimum Gasteiger partial charge on any atom is -0.497 e. The maximum absolute atomic E-state index is 13.1. The number of rotatable bonds is 9. The molecule has 0 spiro atoms. The average Bonchev–Trinajstić information content (AvgIpc) is 3.38. The molecule has 1 aliphatic rings. The maximum Gasteiger partial charge on any atom is 0.308 e. The Morgan fingerprint density at radius 1 is 0.973 bits per heavy atom. The lowest BCUT2D eigenvalue weighted by Gasteiger charge is -2.22. The number of ether oxygens (including phenoxy) is 2. The van der Waals surface area contributed by atoms with Crippen molar-refractivity contribution in [2.24, 2.45) is 5.10 Å². The van der Waals surface area contributed by atoms with Crippen LogP contribution in [0.15, 0.2) is 84.0 Å². The highest BCUT2D eigenvalue weighted by atomic mass is 16.5. The highest BCUT2D eigenvalue weighted by Gasteiger charge is 2.33. The molecule has 0 radical (unpaired) electrons. The fraction of sp³-hybridized carbons (Fsp3) is 0.241. The first-order valence-corrected chi connectivity index (χ1v) is 12.0. The lowest BCUT2D eigenvalue weighted by atomic mass is 9.98. The lowest BCUT2D eigenvalue weighted by molar-refractivity contribution is -0.152. The summed E-state index contributed by atoms with van der Waals surface area (Å²) in [6, 6.07) is 24.0. The monoisotopic (exact) mass is 499 g/mol. The molecule has 2 amide bonds. The molecule has 0 saturated heterocycles. The SMILES string of the molecule is COc1ccc(C2CC(c3ccccc3)=NN2C(=O)COC(=O)CCNC(=O)c2ccccc2C)cc1.